The first-order chi connectivity index (χ1) is 14.2. The maximum absolute atomic E-state index is 12.2. The van der Waals surface area contributed by atoms with Crippen LogP contribution in [0.4, 0.5) is 0 Å². The summed E-state index contributed by atoms with van der Waals surface area (Å²) in [6, 6.07) is 8.02. The molecule has 29 heavy (non-hydrogen) atoms. The number of thiazole rings is 1. The monoisotopic (exact) mass is 414 g/mol. The van der Waals surface area contributed by atoms with Crippen LogP contribution in [0.3, 0.4) is 0 Å². The van der Waals surface area contributed by atoms with Gasteiger partial charge < -0.3 is 10.4 Å². The fourth-order valence-electron chi connectivity index (χ4n) is 3.89. The molecule has 0 bridgehead atoms. The van der Waals surface area contributed by atoms with Crippen molar-refractivity contribution in [3.8, 4) is 10.6 Å². The number of nitrogens with one attached hydrogen (secondary N) is 1. The van der Waals surface area contributed by atoms with E-state index >= 15 is 0 Å². The van der Waals surface area contributed by atoms with E-state index in [4.69, 9.17) is 0 Å². The summed E-state index contributed by atoms with van der Waals surface area (Å²) < 4.78 is 0. The molecule has 2 atom stereocenters. The van der Waals surface area contributed by atoms with Crippen LogP contribution < -0.4 is 5.32 Å². The standard InChI is InChI=1S/C24H34N2O2S/c1-2-3-4-5-6-7-8-20-17-26-24(29-20)19-12-9-18(10-13-19)11-14-21(27)23-22(28)15-16-25-23/h9-10,12-13,17,22-23,25,28H,2-8,11,14-16H2,1H3/t22-,23+/m0/s1. The molecule has 0 amide bonds. The summed E-state index contributed by atoms with van der Waals surface area (Å²) in [5.74, 6) is 0.110. The molecule has 0 radical (unpaired) electrons. The fraction of sp³-hybridized carbons (Fsp3) is 0.583. The van der Waals surface area contributed by atoms with Crippen molar-refractivity contribution in [1.82, 2.24) is 10.3 Å². The van der Waals surface area contributed by atoms with Gasteiger partial charge in [0.05, 0.1) is 12.1 Å². The smallest absolute Gasteiger partial charge is 0.152 e. The zero-order chi connectivity index (χ0) is 20.5. The molecular formula is C24H34N2O2S. The lowest BCUT2D eigenvalue weighted by Crippen LogP contribution is -2.38. The van der Waals surface area contributed by atoms with Crippen molar-refractivity contribution in [3.63, 3.8) is 0 Å². The first-order valence-corrected chi connectivity index (χ1v) is 12.0. The van der Waals surface area contributed by atoms with E-state index in [9.17, 15) is 9.90 Å². The van der Waals surface area contributed by atoms with Crippen molar-refractivity contribution < 1.29 is 9.90 Å². The number of nitrogens with zero attached hydrogens (tertiary/aromatic N) is 1. The van der Waals surface area contributed by atoms with E-state index in [1.54, 1.807) is 11.3 Å². The van der Waals surface area contributed by atoms with E-state index in [1.807, 2.05) is 6.20 Å². The van der Waals surface area contributed by atoms with Crippen LogP contribution in [0.1, 0.15) is 68.7 Å². The molecule has 0 saturated carbocycles. The lowest BCUT2D eigenvalue weighted by molar-refractivity contribution is -0.122. The lowest BCUT2D eigenvalue weighted by Gasteiger charge is -2.13. The first-order valence-electron chi connectivity index (χ1n) is 11.2. The third kappa shape index (κ3) is 6.73. The molecular weight excluding hydrogens is 380 g/mol. The molecule has 0 unspecified atom stereocenters. The van der Waals surface area contributed by atoms with Crippen LogP contribution in [0, 0.1) is 0 Å². The molecule has 1 aliphatic heterocycles. The first kappa shape index (κ1) is 22.1. The highest BCUT2D eigenvalue weighted by atomic mass is 32.1. The second-order valence-electron chi connectivity index (χ2n) is 8.10. The summed E-state index contributed by atoms with van der Waals surface area (Å²) in [5, 5.41) is 14.0. The predicted molar refractivity (Wildman–Crippen MR) is 120 cm³/mol. The molecule has 2 N–H and O–H groups in total. The Labute approximate surface area is 178 Å². The number of aromatic nitrogens is 1. The number of hydrogen-bond donors (Lipinski definition) is 2. The van der Waals surface area contributed by atoms with Crippen molar-refractivity contribution in [1.29, 1.82) is 0 Å². The Balaban J connectivity index is 1.44. The van der Waals surface area contributed by atoms with Crippen LogP contribution in [0.25, 0.3) is 10.6 Å². The third-order valence-electron chi connectivity index (χ3n) is 5.73. The number of benzene rings is 1. The summed E-state index contributed by atoms with van der Waals surface area (Å²) in [6.45, 7) is 2.98. The quantitative estimate of drug-likeness (QED) is 0.483. The van der Waals surface area contributed by atoms with Crippen LogP contribution in [-0.2, 0) is 17.6 Å². The van der Waals surface area contributed by atoms with E-state index in [0.29, 0.717) is 19.3 Å². The zero-order valence-electron chi connectivity index (χ0n) is 17.5. The van der Waals surface area contributed by atoms with E-state index < -0.39 is 6.10 Å². The highest BCUT2D eigenvalue weighted by Gasteiger charge is 2.30. The fourth-order valence-corrected chi connectivity index (χ4v) is 4.85. The minimum absolute atomic E-state index is 0.110. The summed E-state index contributed by atoms with van der Waals surface area (Å²) in [5.41, 5.74) is 2.30. The Kier molecular flexibility index (Phi) is 8.84. The van der Waals surface area contributed by atoms with Crippen LogP contribution in [0.5, 0.6) is 0 Å². The Hall–Kier alpha value is -1.56. The van der Waals surface area contributed by atoms with Gasteiger partial charge in [0.2, 0.25) is 0 Å². The van der Waals surface area contributed by atoms with Crippen LogP contribution in [-0.4, -0.2) is 34.6 Å². The number of hydrogen-bond acceptors (Lipinski definition) is 5. The summed E-state index contributed by atoms with van der Waals surface area (Å²) in [6.07, 6.45) is 12.4. The lowest BCUT2D eigenvalue weighted by atomic mass is 10.0. The zero-order valence-corrected chi connectivity index (χ0v) is 18.3. The second kappa shape index (κ2) is 11.6. The van der Waals surface area contributed by atoms with Gasteiger partial charge in [-0.2, -0.15) is 0 Å². The normalized spacial score (nSPS) is 19.0. The van der Waals surface area contributed by atoms with E-state index in [1.165, 1.54) is 43.4 Å². The summed E-state index contributed by atoms with van der Waals surface area (Å²) in [4.78, 5) is 18.2. The van der Waals surface area contributed by atoms with Gasteiger partial charge >= 0.3 is 0 Å². The van der Waals surface area contributed by atoms with E-state index in [0.717, 1.165) is 29.1 Å². The van der Waals surface area contributed by atoms with Gasteiger partial charge in [0.1, 0.15) is 5.01 Å². The van der Waals surface area contributed by atoms with Crippen molar-refractivity contribution in [2.75, 3.05) is 6.54 Å². The van der Waals surface area contributed by atoms with Gasteiger partial charge in [0.15, 0.2) is 5.78 Å². The molecule has 0 aliphatic carbocycles. The van der Waals surface area contributed by atoms with Gasteiger partial charge in [0, 0.05) is 23.1 Å². The predicted octanol–water partition coefficient (Wildman–Crippen LogP) is 4.94. The molecule has 158 valence electrons. The van der Waals surface area contributed by atoms with Crippen molar-refractivity contribution >= 4 is 17.1 Å². The van der Waals surface area contributed by atoms with Gasteiger partial charge in [0.25, 0.3) is 0 Å². The van der Waals surface area contributed by atoms with Gasteiger partial charge in [-0.15, -0.1) is 11.3 Å². The molecule has 4 nitrogen and oxygen atoms in total. The molecule has 1 aromatic heterocycles. The minimum atomic E-state index is -0.527. The Bertz CT molecular complexity index is 756. The van der Waals surface area contributed by atoms with Crippen LogP contribution >= 0.6 is 11.3 Å². The average molecular weight is 415 g/mol. The van der Waals surface area contributed by atoms with Crippen molar-refractivity contribution in [2.24, 2.45) is 0 Å². The Morgan fingerprint density at radius 2 is 1.90 bits per heavy atom. The third-order valence-corrected chi connectivity index (χ3v) is 6.83. The molecule has 2 heterocycles. The molecule has 1 aromatic carbocycles. The van der Waals surface area contributed by atoms with Crippen LogP contribution in [0.15, 0.2) is 30.5 Å². The largest absolute Gasteiger partial charge is 0.391 e. The number of aliphatic hydroxyl groups excluding tert-OH is 1. The number of aliphatic hydroxyl groups is 1. The number of Topliss-reactive ketones (excluding diaryl/α,β-unsaturated/α-hetero) is 1. The van der Waals surface area contributed by atoms with E-state index in [2.05, 4.69) is 41.5 Å². The maximum Gasteiger partial charge on any atom is 0.152 e. The molecule has 1 aliphatic rings. The number of unbranched alkanes of at least 4 members (excludes halogenated alkanes) is 5. The number of ketones is 1. The Morgan fingerprint density at radius 1 is 1.14 bits per heavy atom. The maximum atomic E-state index is 12.2. The molecule has 2 aromatic rings. The topological polar surface area (TPSA) is 62.2 Å². The highest BCUT2D eigenvalue weighted by molar-refractivity contribution is 7.15. The minimum Gasteiger partial charge on any atom is -0.391 e. The second-order valence-corrected chi connectivity index (χ2v) is 9.22. The summed E-state index contributed by atoms with van der Waals surface area (Å²) in [7, 11) is 0. The van der Waals surface area contributed by atoms with Gasteiger partial charge in [-0.25, -0.2) is 4.98 Å². The van der Waals surface area contributed by atoms with Gasteiger partial charge in [-0.05, 0) is 37.8 Å². The Morgan fingerprint density at radius 3 is 2.62 bits per heavy atom. The average Bonchev–Trinajstić information content (AvgIpc) is 3.38. The van der Waals surface area contributed by atoms with E-state index in [-0.39, 0.29) is 11.8 Å². The number of carbonyl (C=O) groups is 1. The van der Waals surface area contributed by atoms with Crippen molar-refractivity contribution in [3.05, 3.63) is 40.9 Å². The van der Waals surface area contributed by atoms with Crippen molar-refractivity contribution in [2.45, 2.75) is 83.3 Å². The molecule has 5 heteroatoms. The number of carbonyl (C=O) groups excluding carboxylic acids is 1. The van der Waals surface area contributed by atoms with Crippen LogP contribution in [0.2, 0.25) is 0 Å². The van der Waals surface area contributed by atoms with Gasteiger partial charge in [-0.3, -0.25) is 4.79 Å². The molecule has 1 fully saturated rings. The molecule has 0 spiro atoms. The SMILES string of the molecule is CCCCCCCCc1cnc(-c2ccc(CCC(=O)[C@H]3NCC[C@@H]3O)cc2)s1. The number of aryl methyl sites for hydroxylation is 2. The summed E-state index contributed by atoms with van der Waals surface area (Å²) >= 11 is 1.79. The van der Waals surface area contributed by atoms with Gasteiger partial charge in [-0.1, -0.05) is 63.3 Å². The highest BCUT2D eigenvalue weighted by Crippen LogP contribution is 2.27. The molecule has 3 rings (SSSR count). The number of rotatable bonds is 12. The molecule has 1 saturated heterocycles.